The van der Waals surface area contributed by atoms with Gasteiger partial charge in [-0.05, 0) is 42.5 Å². The second-order valence-electron chi connectivity index (χ2n) is 9.93. The van der Waals surface area contributed by atoms with E-state index in [1.165, 1.54) is 0 Å². The van der Waals surface area contributed by atoms with E-state index in [2.05, 4.69) is 91.9 Å². The van der Waals surface area contributed by atoms with Gasteiger partial charge in [0.1, 0.15) is 0 Å². The van der Waals surface area contributed by atoms with E-state index < -0.39 is 0 Å². The third-order valence-corrected chi connectivity index (χ3v) is 7.97. The largest absolute Gasteiger partial charge is 0.316 e. The minimum Gasteiger partial charge on any atom is -0.316 e. The lowest BCUT2D eigenvalue weighted by molar-refractivity contribution is 0.955. The van der Waals surface area contributed by atoms with E-state index in [0.717, 1.165) is 54.0 Å². The predicted octanol–water partition coefficient (Wildman–Crippen LogP) is 10.0. The van der Waals surface area contributed by atoms with Crippen molar-refractivity contribution in [3.63, 3.8) is 0 Å². The molecule has 5 aromatic carbocycles. The van der Waals surface area contributed by atoms with Crippen LogP contribution in [0.1, 0.15) is 13.8 Å². The van der Waals surface area contributed by atoms with Crippen LogP contribution in [-0.2, 0) is 0 Å². The number of hydrogen-bond donors (Lipinski definition) is 0. The molecule has 0 aliphatic rings. The number of para-hydroxylation sites is 1. The van der Waals surface area contributed by atoms with Crippen LogP contribution in [0.3, 0.4) is 0 Å². The van der Waals surface area contributed by atoms with Crippen LogP contribution < -0.4 is 0 Å². The third-order valence-electron chi connectivity index (χ3n) is 7.48. The molecule has 0 aliphatic heterocycles. The molecule has 6 heteroatoms. The highest BCUT2D eigenvalue weighted by molar-refractivity contribution is 9.10. The number of hydrogen-bond acceptors (Lipinski definition) is 3. The summed E-state index contributed by atoms with van der Waals surface area (Å²) in [7, 11) is 0. The molecule has 0 saturated carbocycles. The van der Waals surface area contributed by atoms with Crippen molar-refractivity contribution < 1.29 is 0 Å². The molecule has 8 rings (SSSR count). The summed E-state index contributed by atoms with van der Waals surface area (Å²) in [6, 6.07) is 43.6. The van der Waals surface area contributed by atoms with E-state index in [0.29, 0.717) is 17.6 Å². The second kappa shape index (κ2) is 11.3. The van der Waals surface area contributed by atoms with Crippen molar-refractivity contribution in [2.24, 2.45) is 0 Å². The fourth-order valence-corrected chi connectivity index (χ4v) is 5.98. The van der Waals surface area contributed by atoms with Gasteiger partial charge in [0.25, 0.3) is 0 Å². The van der Waals surface area contributed by atoms with Crippen LogP contribution in [0.4, 0.5) is 0 Å². The fraction of sp³-hybridized carbons (Fsp3) is 0.0541. The minimum atomic E-state index is 0.583. The van der Waals surface area contributed by atoms with Gasteiger partial charge in [-0.3, -0.25) is 4.57 Å². The molecule has 0 saturated heterocycles. The van der Waals surface area contributed by atoms with E-state index >= 15 is 0 Å². The van der Waals surface area contributed by atoms with E-state index in [1.54, 1.807) is 0 Å². The smallest absolute Gasteiger partial charge is 0.238 e. The third kappa shape index (κ3) is 4.70. The summed E-state index contributed by atoms with van der Waals surface area (Å²) in [5.41, 5.74) is 6.22. The Morgan fingerprint density at radius 1 is 0.535 bits per heavy atom. The van der Waals surface area contributed by atoms with Gasteiger partial charge < -0.3 is 4.57 Å². The molecule has 43 heavy (non-hydrogen) atoms. The van der Waals surface area contributed by atoms with Gasteiger partial charge in [0, 0.05) is 43.6 Å². The van der Waals surface area contributed by atoms with Gasteiger partial charge in [-0.15, -0.1) is 0 Å². The number of rotatable bonds is 4. The average Bonchev–Trinajstić information content (AvgIpc) is 3.66. The number of halogens is 1. The number of aromatic nitrogens is 5. The van der Waals surface area contributed by atoms with Gasteiger partial charge in [0.15, 0.2) is 11.6 Å². The standard InChI is InChI=1S/C35H22BrN5.C2H6/c36-25-16-18-31-29(22-25)27-17-19-30-28(20-21-40(30)26-14-8-3-9-15-26)32(27)41(31)35-38-33(23-10-4-1-5-11-23)37-34(39-35)24-12-6-2-7-13-24;1-2/h1-22H;1-2H3. The summed E-state index contributed by atoms with van der Waals surface area (Å²) < 4.78 is 5.44. The van der Waals surface area contributed by atoms with E-state index in [-0.39, 0.29) is 0 Å². The summed E-state index contributed by atoms with van der Waals surface area (Å²) in [4.78, 5) is 15.1. The summed E-state index contributed by atoms with van der Waals surface area (Å²) in [6.07, 6.45) is 2.13. The Balaban J connectivity index is 0.00000147. The molecule has 0 aliphatic carbocycles. The molecule has 0 amide bonds. The van der Waals surface area contributed by atoms with Crippen LogP contribution in [0.2, 0.25) is 0 Å². The highest BCUT2D eigenvalue weighted by Crippen LogP contribution is 2.38. The van der Waals surface area contributed by atoms with Crippen LogP contribution in [0.15, 0.2) is 138 Å². The van der Waals surface area contributed by atoms with Crippen LogP contribution in [0.25, 0.3) is 67.1 Å². The molecule has 208 valence electrons. The molecule has 0 spiro atoms. The Bertz CT molecular complexity index is 2140. The van der Waals surface area contributed by atoms with Gasteiger partial charge in [0.2, 0.25) is 5.95 Å². The van der Waals surface area contributed by atoms with Gasteiger partial charge in [-0.2, -0.15) is 9.97 Å². The van der Waals surface area contributed by atoms with Crippen molar-refractivity contribution in [1.82, 2.24) is 24.1 Å². The molecule has 3 heterocycles. The highest BCUT2D eigenvalue weighted by atomic mass is 79.9. The first-order valence-electron chi connectivity index (χ1n) is 14.4. The maximum atomic E-state index is 5.09. The topological polar surface area (TPSA) is 48.5 Å². The Morgan fingerprint density at radius 3 is 1.74 bits per heavy atom. The first kappa shape index (κ1) is 26.8. The molecule has 0 unspecified atom stereocenters. The van der Waals surface area contributed by atoms with Crippen molar-refractivity contribution in [3.05, 3.63) is 138 Å². The molecular formula is C37H28BrN5. The maximum absolute atomic E-state index is 5.09. The summed E-state index contributed by atoms with van der Waals surface area (Å²) >= 11 is 3.70. The van der Waals surface area contributed by atoms with Gasteiger partial charge in [-0.25, -0.2) is 4.98 Å². The number of nitrogens with zero attached hydrogens (tertiary/aromatic N) is 5. The lowest BCUT2D eigenvalue weighted by Crippen LogP contribution is -2.06. The van der Waals surface area contributed by atoms with Gasteiger partial charge >= 0.3 is 0 Å². The van der Waals surface area contributed by atoms with Gasteiger partial charge in [-0.1, -0.05) is 115 Å². The average molecular weight is 623 g/mol. The normalized spacial score (nSPS) is 11.1. The van der Waals surface area contributed by atoms with Crippen LogP contribution in [0, 0.1) is 0 Å². The second-order valence-corrected chi connectivity index (χ2v) is 10.8. The van der Waals surface area contributed by atoms with Crippen molar-refractivity contribution in [1.29, 1.82) is 0 Å². The number of benzene rings is 5. The summed E-state index contributed by atoms with van der Waals surface area (Å²) in [6.45, 7) is 4.00. The van der Waals surface area contributed by atoms with Gasteiger partial charge in [0.05, 0.1) is 16.6 Å². The Kier molecular flexibility index (Phi) is 7.05. The lowest BCUT2D eigenvalue weighted by Gasteiger charge is -2.11. The van der Waals surface area contributed by atoms with E-state index in [9.17, 15) is 0 Å². The van der Waals surface area contributed by atoms with Crippen molar-refractivity contribution in [2.75, 3.05) is 0 Å². The zero-order valence-corrected chi connectivity index (χ0v) is 25.4. The molecule has 0 N–H and O–H groups in total. The summed E-state index contributed by atoms with van der Waals surface area (Å²) in [5, 5.41) is 3.40. The first-order chi connectivity index (χ1) is 21.2. The quantitative estimate of drug-likeness (QED) is 0.196. The minimum absolute atomic E-state index is 0.583. The van der Waals surface area contributed by atoms with E-state index in [1.807, 2.05) is 80.6 Å². The zero-order valence-electron chi connectivity index (χ0n) is 23.8. The predicted molar refractivity (Wildman–Crippen MR) is 181 cm³/mol. The van der Waals surface area contributed by atoms with Crippen LogP contribution in [-0.4, -0.2) is 24.1 Å². The lowest BCUT2D eigenvalue weighted by atomic mass is 10.1. The van der Waals surface area contributed by atoms with Crippen molar-refractivity contribution in [3.8, 4) is 34.4 Å². The Morgan fingerprint density at radius 2 is 1.12 bits per heavy atom. The van der Waals surface area contributed by atoms with Crippen LogP contribution in [0.5, 0.6) is 0 Å². The SMILES string of the molecule is Brc1ccc2c(c1)c1ccc3c(ccn3-c3ccccc3)c1n2-c1nc(-c2ccccc2)nc(-c2ccccc2)n1.CC. The van der Waals surface area contributed by atoms with Crippen molar-refractivity contribution in [2.45, 2.75) is 13.8 Å². The molecule has 8 aromatic rings. The Labute approximate surface area is 258 Å². The highest BCUT2D eigenvalue weighted by Gasteiger charge is 2.20. The van der Waals surface area contributed by atoms with E-state index in [4.69, 9.17) is 15.0 Å². The molecule has 0 atom stereocenters. The monoisotopic (exact) mass is 621 g/mol. The molecule has 0 radical (unpaired) electrons. The molecule has 0 fully saturated rings. The van der Waals surface area contributed by atoms with Crippen molar-refractivity contribution >= 4 is 48.6 Å². The Hall–Kier alpha value is -5.07. The fourth-order valence-electron chi connectivity index (χ4n) is 5.62. The maximum Gasteiger partial charge on any atom is 0.238 e. The first-order valence-corrected chi connectivity index (χ1v) is 15.2. The molecule has 3 aromatic heterocycles. The molecular weight excluding hydrogens is 594 g/mol. The number of fused-ring (bicyclic) bond motifs is 5. The molecule has 0 bridgehead atoms. The van der Waals surface area contributed by atoms with Crippen LogP contribution >= 0.6 is 15.9 Å². The zero-order chi connectivity index (χ0) is 29.3. The molecule has 5 nitrogen and oxygen atoms in total. The summed E-state index contributed by atoms with van der Waals surface area (Å²) in [5.74, 6) is 1.85.